The second-order valence-electron chi connectivity index (χ2n) is 9.98. The fraction of sp³-hybridized carbons (Fsp3) is 0.565. The van der Waals surface area contributed by atoms with Gasteiger partial charge in [0.1, 0.15) is 11.4 Å². The van der Waals surface area contributed by atoms with Gasteiger partial charge < -0.3 is 20.4 Å². The molecule has 4 rings (SSSR count). The molecule has 0 atom stereocenters. The summed E-state index contributed by atoms with van der Waals surface area (Å²) in [5.74, 6) is 0. The molecule has 2 N–H and O–H groups in total. The molecule has 2 aliphatic heterocycles. The third-order valence-electron chi connectivity index (χ3n) is 6.19. The highest BCUT2D eigenvalue weighted by Gasteiger charge is 2.39. The van der Waals surface area contributed by atoms with E-state index < -0.39 is 0 Å². The van der Waals surface area contributed by atoms with Crippen LogP contribution in [0.2, 0.25) is 5.02 Å². The van der Waals surface area contributed by atoms with Crippen molar-refractivity contribution < 1.29 is 0 Å². The van der Waals surface area contributed by atoms with Gasteiger partial charge in [0, 0.05) is 54.0 Å². The molecule has 0 amide bonds. The van der Waals surface area contributed by atoms with Crippen molar-refractivity contribution in [3.63, 3.8) is 0 Å². The van der Waals surface area contributed by atoms with Crippen LogP contribution in [0.3, 0.4) is 0 Å². The zero-order valence-electron chi connectivity index (χ0n) is 18.2. The Balaban J connectivity index is 1.46. The number of nitrogens with zero attached hydrogens (tertiary/aromatic N) is 2. The van der Waals surface area contributed by atoms with E-state index in [0.29, 0.717) is 24.5 Å². The van der Waals surface area contributed by atoms with Gasteiger partial charge in [0.05, 0.1) is 0 Å². The van der Waals surface area contributed by atoms with Crippen LogP contribution in [0.15, 0.2) is 33.9 Å². The van der Waals surface area contributed by atoms with E-state index in [4.69, 9.17) is 11.6 Å². The Morgan fingerprint density at radius 2 is 1.57 bits per heavy atom. The summed E-state index contributed by atoms with van der Waals surface area (Å²) in [6, 6.07) is 7.98. The van der Waals surface area contributed by atoms with Gasteiger partial charge in [-0.15, -0.1) is 0 Å². The van der Waals surface area contributed by atoms with E-state index in [2.05, 4.69) is 48.1 Å². The van der Waals surface area contributed by atoms with Crippen LogP contribution in [-0.2, 0) is 0 Å². The summed E-state index contributed by atoms with van der Waals surface area (Å²) >= 11 is 6.12. The van der Waals surface area contributed by atoms with Crippen LogP contribution in [0, 0.1) is 0 Å². The number of rotatable bonds is 4. The fourth-order valence-corrected chi connectivity index (χ4v) is 5.49. The first-order valence-electron chi connectivity index (χ1n) is 10.7. The van der Waals surface area contributed by atoms with Crippen LogP contribution in [0.25, 0.3) is 0 Å². The van der Waals surface area contributed by atoms with Crippen LogP contribution in [0.4, 0.5) is 17.1 Å². The molecule has 0 spiro atoms. The van der Waals surface area contributed by atoms with Gasteiger partial charge in [-0.1, -0.05) is 17.7 Å². The summed E-state index contributed by atoms with van der Waals surface area (Å²) in [7, 11) is 0. The molecule has 2 heterocycles. The third-order valence-corrected chi connectivity index (χ3v) is 6.43. The maximum absolute atomic E-state index is 12.4. The van der Waals surface area contributed by atoms with Gasteiger partial charge in [0.25, 0.3) is 10.9 Å². The van der Waals surface area contributed by atoms with Gasteiger partial charge in [-0.25, -0.2) is 0 Å². The van der Waals surface area contributed by atoms with E-state index in [1.165, 1.54) is 0 Å². The Hall–Kier alpha value is -2.05. The Morgan fingerprint density at radius 1 is 0.967 bits per heavy atom. The number of nitrogens with one attached hydrogen (secondary N) is 2. The molecular formula is C23H31ClN4O2. The van der Waals surface area contributed by atoms with Crippen LogP contribution in [0.5, 0.6) is 0 Å². The molecule has 0 saturated carbocycles. The number of hydrogen-bond acceptors (Lipinski definition) is 6. The average Bonchev–Trinajstić information content (AvgIpc) is 2.65. The van der Waals surface area contributed by atoms with E-state index in [-0.39, 0.29) is 28.0 Å². The predicted molar refractivity (Wildman–Crippen MR) is 125 cm³/mol. The van der Waals surface area contributed by atoms with Gasteiger partial charge in [-0.2, -0.15) is 0 Å². The van der Waals surface area contributed by atoms with Crippen LogP contribution >= 0.6 is 11.6 Å². The first-order valence-corrected chi connectivity index (χ1v) is 11.1. The van der Waals surface area contributed by atoms with Crippen molar-refractivity contribution in [3.8, 4) is 0 Å². The Kier molecular flexibility index (Phi) is 5.35. The molecule has 0 bridgehead atoms. The van der Waals surface area contributed by atoms with Crippen molar-refractivity contribution in [1.29, 1.82) is 0 Å². The van der Waals surface area contributed by atoms with Crippen molar-refractivity contribution in [3.05, 3.63) is 49.7 Å². The third kappa shape index (κ3) is 4.21. The molecule has 2 aliphatic rings. The minimum atomic E-state index is -0.378. The van der Waals surface area contributed by atoms with Crippen molar-refractivity contribution in [2.75, 3.05) is 41.3 Å². The normalized spacial score (nSPS) is 21.8. The van der Waals surface area contributed by atoms with Gasteiger partial charge in [0.15, 0.2) is 0 Å². The van der Waals surface area contributed by atoms with Crippen molar-refractivity contribution in [2.45, 2.75) is 57.7 Å². The monoisotopic (exact) mass is 430 g/mol. The first-order chi connectivity index (χ1) is 14.0. The van der Waals surface area contributed by atoms with Crippen LogP contribution < -0.4 is 31.3 Å². The number of piperazine rings is 1. The van der Waals surface area contributed by atoms with Gasteiger partial charge in [-0.3, -0.25) is 9.59 Å². The molecule has 162 valence electrons. The number of hydrogen-bond donors (Lipinski definition) is 2. The number of benzene rings is 1. The molecule has 2 aromatic carbocycles. The molecular weight excluding hydrogens is 400 g/mol. The van der Waals surface area contributed by atoms with Gasteiger partial charge in [-0.05, 0) is 58.7 Å². The second kappa shape index (κ2) is 7.57. The lowest BCUT2D eigenvalue weighted by Gasteiger charge is -2.47. The highest BCUT2D eigenvalue weighted by atomic mass is 35.5. The maximum Gasteiger partial charge on any atom is 0.253 e. The minimum absolute atomic E-state index is 0.0282. The molecule has 7 heteroatoms. The zero-order valence-corrected chi connectivity index (χ0v) is 19.0. The van der Waals surface area contributed by atoms with E-state index in [9.17, 15) is 9.59 Å². The Morgan fingerprint density at radius 3 is 2.17 bits per heavy atom. The quantitative estimate of drug-likeness (QED) is 0.727. The summed E-state index contributed by atoms with van der Waals surface area (Å²) in [6.45, 7) is 11.7. The summed E-state index contributed by atoms with van der Waals surface area (Å²) in [4.78, 5) is 29.2. The van der Waals surface area contributed by atoms with Gasteiger partial charge >= 0.3 is 0 Å². The lowest BCUT2D eigenvalue weighted by Crippen LogP contribution is -2.61. The lowest BCUT2D eigenvalue weighted by molar-refractivity contribution is 0.170. The lowest BCUT2D eigenvalue weighted by atomic mass is 9.79. The largest absolute Gasteiger partial charge is 0.377 e. The Bertz CT molecular complexity index is 985. The number of piperidine rings is 1. The van der Waals surface area contributed by atoms with Crippen LogP contribution in [-0.4, -0.2) is 43.3 Å². The molecule has 30 heavy (non-hydrogen) atoms. The van der Waals surface area contributed by atoms with E-state index in [0.717, 1.165) is 36.6 Å². The highest BCUT2D eigenvalue weighted by molar-refractivity contribution is 6.30. The topological polar surface area (TPSA) is 64.7 Å². The van der Waals surface area contributed by atoms with E-state index in [1.807, 2.05) is 24.3 Å². The molecule has 0 unspecified atom stereocenters. The van der Waals surface area contributed by atoms with E-state index in [1.54, 1.807) is 0 Å². The molecule has 0 aliphatic carbocycles. The molecule has 2 saturated heterocycles. The van der Waals surface area contributed by atoms with Gasteiger partial charge in [0.2, 0.25) is 0 Å². The minimum Gasteiger partial charge on any atom is -0.377 e. The maximum atomic E-state index is 12.4. The molecule has 0 aromatic heterocycles. The van der Waals surface area contributed by atoms with Crippen molar-refractivity contribution in [1.82, 2.24) is 5.32 Å². The van der Waals surface area contributed by atoms with Crippen LogP contribution in [0.1, 0.15) is 40.5 Å². The van der Waals surface area contributed by atoms with Crippen molar-refractivity contribution >= 4 is 28.7 Å². The fourth-order valence-electron chi connectivity index (χ4n) is 5.30. The Labute approximate surface area is 182 Å². The zero-order chi connectivity index (χ0) is 21.7. The summed E-state index contributed by atoms with van der Waals surface area (Å²) in [5.41, 5.74) is 1.37. The first kappa shape index (κ1) is 21.2. The SMILES string of the molecule is CC1(C)CC(Nc2c(N3CCN(c4cccc(Cl)c4)CC3)c(=O)c2=O)CC(C)(C)N1. The number of anilines is 3. The highest BCUT2D eigenvalue weighted by Crippen LogP contribution is 2.32. The molecule has 0 radical (unpaired) electrons. The molecule has 2 aromatic rings. The second-order valence-corrected chi connectivity index (χ2v) is 10.4. The average molecular weight is 431 g/mol. The van der Waals surface area contributed by atoms with E-state index >= 15 is 0 Å². The van der Waals surface area contributed by atoms with Crippen molar-refractivity contribution in [2.24, 2.45) is 0 Å². The molecule has 6 nitrogen and oxygen atoms in total. The summed E-state index contributed by atoms with van der Waals surface area (Å²) < 4.78 is 0. The predicted octanol–water partition coefficient (Wildman–Crippen LogP) is 2.98. The molecule has 2 fully saturated rings. The summed E-state index contributed by atoms with van der Waals surface area (Å²) in [6.07, 6.45) is 1.80. The number of halogens is 1. The standard InChI is InChI=1S/C23H31ClN4O2/c1-22(2)13-16(14-23(3,4)26-22)25-18-19(21(30)20(18)29)28-10-8-27(9-11-28)17-7-5-6-15(24)12-17/h5-7,12,16,25-26H,8-11,13-14H2,1-4H3. The summed E-state index contributed by atoms with van der Waals surface area (Å²) in [5, 5.41) is 7.82. The smallest absolute Gasteiger partial charge is 0.253 e.